The first kappa shape index (κ1) is 28.4. The van der Waals surface area contributed by atoms with E-state index in [0.29, 0.717) is 29.7 Å². The van der Waals surface area contributed by atoms with E-state index in [1.54, 1.807) is 35.1 Å². The van der Waals surface area contributed by atoms with Gasteiger partial charge in [0.1, 0.15) is 35.6 Å². The van der Waals surface area contributed by atoms with Crippen molar-refractivity contribution in [2.75, 3.05) is 19.7 Å². The van der Waals surface area contributed by atoms with Gasteiger partial charge < -0.3 is 20.3 Å². The number of aromatic nitrogens is 5. The molecule has 0 aliphatic rings. The number of nitrogens with zero attached hydrogens (tertiary/aromatic N) is 5. The van der Waals surface area contributed by atoms with Crippen molar-refractivity contribution in [3.8, 4) is 34.3 Å². The molecule has 0 fully saturated rings. The second kappa shape index (κ2) is 12.7. The predicted octanol–water partition coefficient (Wildman–Crippen LogP) is 5.51. The number of phenols is 1. The summed E-state index contributed by atoms with van der Waals surface area (Å²) in [4.78, 5) is 9.53. The zero-order chi connectivity index (χ0) is 29.8. The molecule has 9 nitrogen and oxygen atoms in total. The first-order valence-electron chi connectivity index (χ1n) is 14.0. The molecule has 0 radical (unpaired) electrons. The van der Waals surface area contributed by atoms with Crippen molar-refractivity contribution in [1.82, 2.24) is 29.6 Å². The van der Waals surface area contributed by atoms with E-state index in [1.165, 1.54) is 0 Å². The molecule has 1 atom stereocenters. The summed E-state index contributed by atoms with van der Waals surface area (Å²) < 4.78 is 9.40. The molecule has 0 bridgehead atoms. The highest BCUT2D eigenvalue weighted by molar-refractivity contribution is 6.33. The summed E-state index contributed by atoms with van der Waals surface area (Å²) in [6.07, 6.45) is 3.81. The maximum atomic E-state index is 10.2. The zero-order valence-corrected chi connectivity index (χ0v) is 24.3. The van der Waals surface area contributed by atoms with Crippen LogP contribution in [0.4, 0.5) is 0 Å². The molecule has 3 heterocycles. The van der Waals surface area contributed by atoms with Crippen molar-refractivity contribution >= 4 is 22.8 Å². The van der Waals surface area contributed by atoms with Gasteiger partial charge in [-0.1, -0.05) is 23.7 Å². The highest BCUT2D eigenvalue weighted by Gasteiger charge is 2.18. The SMILES string of the molecule is Cc1ccn(-c2ccc(-c3nc4cccnc4n3-c3ccc(CCNC[C@H](O)COc4ccc(O)cc4)cc3)c(Cl)c2)n1. The minimum absolute atomic E-state index is 0.164. The first-order valence-corrected chi connectivity index (χ1v) is 14.4. The number of aliphatic hydroxyl groups is 1. The van der Waals surface area contributed by atoms with Crippen LogP contribution in [0.25, 0.3) is 33.9 Å². The number of hydrogen-bond acceptors (Lipinski definition) is 7. The van der Waals surface area contributed by atoms with Crippen LogP contribution in [0.1, 0.15) is 11.3 Å². The number of imidazole rings is 1. The Morgan fingerprint density at radius 2 is 1.77 bits per heavy atom. The largest absolute Gasteiger partial charge is 0.508 e. The van der Waals surface area contributed by atoms with E-state index in [4.69, 9.17) is 21.3 Å². The number of fused-ring (bicyclic) bond motifs is 1. The fraction of sp³-hybridized carbons (Fsp3) is 0.182. The van der Waals surface area contributed by atoms with Gasteiger partial charge in [0.2, 0.25) is 0 Å². The number of nitrogens with one attached hydrogen (secondary N) is 1. The van der Waals surface area contributed by atoms with Crippen molar-refractivity contribution in [2.45, 2.75) is 19.4 Å². The van der Waals surface area contributed by atoms with Gasteiger partial charge in [-0.05, 0) is 98.2 Å². The summed E-state index contributed by atoms with van der Waals surface area (Å²) >= 11 is 6.83. The Morgan fingerprint density at radius 1 is 0.977 bits per heavy atom. The Hall–Kier alpha value is -4.70. The Kier molecular flexibility index (Phi) is 8.37. The van der Waals surface area contributed by atoms with Crippen LogP contribution in [0.5, 0.6) is 11.5 Å². The number of hydrogen-bond donors (Lipinski definition) is 3. The molecule has 6 aromatic rings. The van der Waals surface area contributed by atoms with Gasteiger partial charge in [-0.25, -0.2) is 14.6 Å². The summed E-state index contributed by atoms with van der Waals surface area (Å²) in [7, 11) is 0. The normalized spacial score (nSPS) is 12.1. The van der Waals surface area contributed by atoms with E-state index in [9.17, 15) is 10.2 Å². The molecule has 218 valence electrons. The van der Waals surface area contributed by atoms with Crippen LogP contribution in [0.2, 0.25) is 5.02 Å². The van der Waals surface area contributed by atoms with Crippen molar-refractivity contribution in [2.24, 2.45) is 0 Å². The van der Waals surface area contributed by atoms with Crippen LogP contribution in [0.3, 0.4) is 0 Å². The fourth-order valence-electron chi connectivity index (χ4n) is 4.83. The summed E-state index contributed by atoms with van der Waals surface area (Å²) in [5.74, 6) is 1.48. The number of aliphatic hydroxyl groups excluding tert-OH is 1. The van der Waals surface area contributed by atoms with Crippen molar-refractivity contribution in [3.63, 3.8) is 0 Å². The second-order valence-corrected chi connectivity index (χ2v) is 10.7. The highest BCUT2D eigenvalue weighted by atomic mass is 35.5. The number of ether oxygens (including phenoxy) is 1. The van der Waals surface area contributed by atoms with Crippen LogP contribution in [-0.4, -0.2) is 60.3 Å². The summed E-state index contributed by atoms with van der Waals surface area (Å²) in [6.45, 7) is 3.23. The summed E-state index contributed by atoms with van der Waals surface area (Å²) in [5, 5.41) is 27.9. The topological polar surface area (TPSA) is 110 Å². The van der Waals surface area contributed by atoms with Crippen LogP contribution < -0.4 is 10.1 Å². The lowest BCUT2D eigenvalue weighted by Gasteiger charge is -2.14. The number of halogens is 1. The van der Waals surface area contributed by atoms with E-state index < -0.39 is 6.10 Å². The molecule has 6 rings (SSSR count). The van der Waals surface area contributed by atoms with Gasteiger partial charge in [-0.2, -0.15) is 5.10 Å². The quantitative estimate of drug-likeness (QED) is 0.170. The lowest BCUT2D eigenvalue weighted by molar-refractivity contribution is 0.106. The molecular weight excluding hydrogens is 564 g/mol. The number of rotatable bonds is 11. The van der Waals surface area contributed by atoms with Crippen LogP contribution in [-0.2, 0) is 6.42 Å². The van der Waals surface area contributed by atoms with Crippen molar-refractivity contribution in [3.05, 3.63) is 114 Å². The third-order valence-corrected chi connectivity index (χ3v) is 7.35. The van der Waals surface area contributed by atoms with Crippen LogP contribution >= 0.6 is 11.6 Å². The molecule has 3 aromatic carbocycles. The lowest BCUT2D eigenvalue weighted by atomic mass is 10.1. The Bertz CT molecular complexity index is 1830. The number of phenolic OH excluding ortho intramolecular Hbond substituents is 1. The van der Waals surface area contributed by atoms with Crippen molar-refractivity contribution in [1.29, 1.82) is 0 Å². The molecular formula is C33H31ClN6O3. The van der Waals surface area contributed by atoms with Gasteiger partial charge in [0.05, 0.1) is 16.4 Å². The Morgan fingerprint density at radius 3 is 2.51 bits per heavy atom. The van der Waals surface area contributed by atoms with E-state index in [-0.39, 0.29) is 12.4 Å². The number of pyridine rings is 1. The minimum atomic E-state index is -0.652. The Labute approximate surface area is 254 Å². The number of aryl methyl sites for hydroxylation is 1. The van der Waals surface area contributed by atoms with E-state index in [1.807, 2.05) is 54.1 Å². The molecule has 10 heteroatoms. The molecule has 0 aliphatic carbocycles. The molecule has 0 unspecified atom stereocenters. The second-order valence-electron chi connectivity index (χ2n) is 10.3. The molecule has 3 aromatic heterocycles. The molecule has 0 spiro atoms. The third-order valence-electron chi connectivity index (χ3n) is 7.04. The average molecular weight is 595 g/mol. The van der Waals surface area contributed by atoms with Crippen molar-refractivity contribution < 1.29 is 14.9 Å². The van der Waals surface area contributed by atoms with E-state index >= 15 is 0 Å². The monoisotopic (exact) mass is 594 g/mol. The molecule has 0 aliphatic heterocycles. The summed E-state index contributed by atoms with van der Waals surface area (Å²) in [6, 6.07) is 26.3. The van der Waals surface area contributed by atoms with E-state index in [2.05, 4.69) is 39.7 Å². The lowest BCUT2D eigenvalue weighted by Crippen LogP contribution is -2.32. The first-order chi connectivity index (χ1) is 20.9. The van der Waals surface area contributed by atoms with Gasteiger partial charge in [0, 0.05) is 30.2 Å². The smallest absolute Gasteiger partial charge is 0.164 e. The number of aromatic hydroxyl groups is 1. The number of benzene rings is 3. The molecule has 43 heavy (non-hydrogen) atoms. The molecule has 0 saturated heterocycles. The maximum absolute atomic E-state index is 10.2. The van der Waals surface area contributed by atoms with Gasteiger partial charge in [-0.15, -0.1) is 0 Å². The van der Waals surface area contributed by atoms with Crippen LogP contribution in [0.15, 0.2) is 97.3 Å². The molecule has 0 amide bonds. The highest BCUT2D eigenvalue weighted by Crippen LogP contribution is 2.33. The minimum Gasteiger partial charge on any atom is -0.508 e. The Balaban J connectivity index is 1.13. The predicted molar refractivity (Wildman–Crippen MR) is 167 cm³/mol. The van der Waals surface area contributed by atoms with Gasteiger partial charge in [0.15, 0.2) is 5.65 Å². The fourth-order valence-corrected chi connectivity index (χ4v) is 5.09. The van der Waals surface area contributed by atoms with Gasteiger partial charge >= 0.3 is 0 Å². The zero-order valence-electron chi connectivity index (χ0n) is 23.6. The van der Waals surface area contributed by atoms with E-state index in [0.717, 1.165) is 45.8 Å². The van der Waals surface area contributed by atoms with Crippen LogP contribution in [0, 0.1) is 6.92 Å². The van der Waals surface area contributed by atoms with Gasteiger partial charge in [0.25, 0.3) is 0 Å². The van der Waals surface area contributed by atoms with Gasteiger partial charge in [-0.3, -0.25) is 4.57 Å². The maximum Gasteiger partial charge on any atom is 0.164 e. The standard InChI is InChI=1S/C33H31ClN6O3/c1-22-15-18-39(38-22)25-8-13-29(30(34)19-25)32-37-31-3-2-16-36-33(31)40(32)24-6-4-23(5-7-24)14-17-35-20-27(42)21-43-28-11-9-26(41)10-12-28/h2-13,15-16,18-19,27,35,41-42H,14,17,20-21H2,1H3/t27-/m0/s1. The molecule has 0 saturated carbocycles. The third kappa shape index (κ3) is 6.54. The average Bonchev–Trinajstić information content (AvgIpc) is 3.63. The molecule has 3 N–H and O–H groups in total. The summed E-state index contributed by atoms with van der Waals surface area (Å²) in [5.41, 5.74) is 6.22.